The highest BCUT2D eigenvalue weighted by Crippen LogP contribution is 2.23. The molecule has 1 N–H and O–H groups in total. The molecule has 2 aromatic rings. The summed E-state index contributed by atoms with van der Waals surface area (Å²) < 4.78 is 12.1. The summed E-state index contributed by atoms with van der Waals surface area (Å²) in [7, 11) is 0. The summed E-state index contributed by atoms with van der Waals surface area (Å²) in [6, 6.07) is 13.2. The fourth-order valence-corrected chi connectivity index (χ4v) is 2.60. The fraction of sp³-hybridized carbons (Fsp3) is 0.300. The van der Waals surface area contributed by atoms with Gasteiger partial charge in [-0.2, -0.15) is 5.10 Å². The molecular formula is C20H23BrN2O3. The zero-order valence-corrected chi connectivity index (χ0v) is 16.6. The van der Waals surface area contributed by atoms with Crippen LogP contribution in [0.15, 0.2) is 52.0 Å². The van der Waals surface area contributed by atoms with Crippen molar-refractivity contribution in [3.63, 3.8) is 0 Å². The Morgan fingerprint density at radius 2 is 1.92 bits per heavy atom. The molecule has 5 nitrogen and oxygen atoms in total. The van der Waals surface area contributed by atoms with E-state index in [0.717, 1.165) is 34.2 Å². The van der Waals surface area contributed by atoms with E-state index in [2.05, 4.69) is 33.4 Å². The van der Waals surface area contributed by atoms with Crippen LogP contribution >= 0.6 is 15.9 Å². The second-order valence-electron chi connectivity index (χ2n) is 5.60. The normalized spacial score (nSPS) is 10.7. The molecule has 0 aliphatic rings. The number of hydrogen-bond donors (Lipinski definition) is 1. The standard InChI is InChI=1S/C20H23BrN2O3/c1-3-11-25-18-8-5-15(6-9-18)13-22-23-20(24)14-26-19-10-7-17(21)12-16(19)4-2/h5-10,12-13H,3-4,11,14H2,1-2H3,(H,23,24)/b22-13+. The lowest BCUT2D eigenvalue weighted by Crippen LogP contribution is -2.24. The maximum absolute atomic E-state index is 11.9. The van der Waals surface area contributed by atoms with Crippen molar-refractivity contribution in [2.45, 2.75) is 26.7 Å². The third kappa shape index (κ3) is 6.52. The molecule has 26 heavy (non-hydrogen) atoms. The molecule has 1 amide bonds. The van der Waals surface area contributed by atoms with Crippen LogP contribution in [0.25, 0.3) is 0 Å². The number of rotatable bonds is 9. The molecule has 0 unspecified atom stereocenters. The van der Waals surface area contributed by atoms with Gasteiger partial charge < -0.3 is 9.47 Å². The van der Waals surface area contributed by atoms with Crippen LogP contribution in [0, 0.1) is 0 Å². The first kappa shape index (κ1) is 20.0. The number of hydrazone groups is 1. The lowest BCUT2D eigenvalue weighted by molar-refractivity contribution is -0.123. The quantitative estimate of drug-likeness (QED) is 0.486. The lowest BCUT2D eigenvalue weighted by Gasteiger charge is -2.10. The van der Waals surface area contributed by atoms with Gasteiger partial charge in [0.1, 0.15) is 11.5 Å². The van der Waals surface area contributed by atoms with Crippen molar-refractivity contribution in [3.05, 3.63) is 58.1 Å². The molecule has 0 aliphatic heterocycles. The molecular weight excluding hydrogens is 396 g/mol. The average Bonchev–Trinajstić information content (AvgIpc) is 2.66. The minimum Gasteiger partial charge on any atom is -0.494 e. The predicted octanol–water partition coefficient (Wildman–Crippen LogP) is 4.33. The molecule has 0 saturated carbocycles. The van der Waals surface area contributed by atoms with E-state index in [1.54, 1.807) is 6.21 Å². The van der Waals surface area contributed by atoms with Gasteiger partial charge in [0.25, 0.3) is 5.91 Å². The van der Waals surface area contributed by atoms with Gasteiger partial charge in [0.15, 0.2) is 6.61 Å². The Morgan fingerprint density at radius 3 is 2.62 bits per heavy atom. The number of carbonyl (C=O) groups excluding carboxylic acids is 1. The van der Waals surface area contributed by atoms with Crippen molar-refractivity contribution in [1.82, 2.24) is 5.43 Å². The van der Waals surface area contributed by atoms with Crippen molar-refractivity contribution in [3.8, 4) is 11.5 Å². The van der Waals surface area contributed by atoms with E-state index in [1.807, 2.05) is 49.4 Å². The topological polar surface area (TPSA) is 59.9 Å². The lowest BCUT2D eigenvalue weighted by atomic mass is 10.1. The van der Waals surface area contributed by atoms with Gasteiger partial charge in [0.05, 0.1) is 12.8 Å². The molecule has 138 valence electrons. The minimum atomic E-state index is -0.311. The van der Waals surface area contributed by atoms with E-state index in [-0.39, 0.29) is 12.5 Å². The molecule has 2 rings (SSSR count). The van der Waals surface area contributed by atoms with E-state index >= 15 is 0 Å². The number of ether oxygens (including phenoxy) is 2. The van der Waals surface area contributed by atoms with Gasteiger partial charge in [-0.3, -0.25) is 4.79 Å². The number of nitrogens with zero attached hydrogens (tertiary/aromatic N) is 1. The van der Waals surface area contributed by atoms with Gasteiger partial charge in [-0.05, 0) is 66.4 Å². The van der Waals surface area contributed by atoms with Gasteiger partial charge >= 0.3 is 0 Å². The summed E-state index contributed by atoms with van der Waals surface area (Å²) >= 11 is 3.43. The van der Waals surface area contributed by atoms with Crippen molar-refractivity contribution in [1.29, 1.82) is 0 Å². The fourth-order valence-electron chi connectivity index (χ4n) is 2.19. The third-order valence-corrected chi connectivity index (χ3v) is 4.01. The zero-order valence-electron chi connectivity index (χ0n) is 15.0. The summed E-state index contributed by atoms with van der Waals surface area (Å²) in [6.07, 6.45) is 3.38. The number of benzene rings is 2. The van der Waals surface area contributed by atoms with Crippen LogP contribution in [0.2, 0.25) is 0 Å². The summed E-state index contributed by atoms with van der Waals surface area (Å²) in [5.74, 6) is 1.22. The Bertz CT molecular complexity index is 745. The predicted molar refractivity (Wildman–Crippen MR) is 107 cm³/mol. The number of hydrogen-bond acceptors (Lipinski definition) is 4. The van der Waals surface area contributed by atoms with Crippen LogP contribution in [0.4, 0.5) is 0 Å². The highest BCUT2D eigenvalue weighted by Gasteiger charge is 2.06. The van der Waals surface area contributed by atoms with E-state index in [4.69, 9.17) is 9.47 Å². The van der Waals surface area contributed by atoms with Crippen LogP contribution in [-0.2, 0) is 11.2 Å². The Hall–Kier alpha value is -2.34. The average molecular weight is 419 g/mol. The first-order chi connectivity index (χ1) is 12.6. The maximum atomic E-state index is 11.9. The van der Waals surface area contributed by atoms with Crippen LogP contribution in [0.3, 0.4) is 0 Å². The Kier molecular flexibility index (Phi) is 8.15. The SMILES string of the molecule is CCCOc1ccc(/C=N/NC(=O)COc2ccc(Br)cc2CC)cc1. The van der Waals surface area contributed by atoms with Crippen molar-refractivity contribution >= 4 is 28.1 Å². The first-order valence-electron chi connectivity index (χ1n) is 8.58. The summed E-state index contributed by atoms with van der Waals surface area (Å²) in [4.78, 5) is 11.9. The summed E-state index contributed by atoms with van der Waals surface area (Å²) in [6.45, 7) is 4.71. The summed E-state index contributed by atoms with van der Waals surface area (Å²) in [5, 5.41) is 3.95. The molecule has 0 atom stereocenters. The number of nitrogens with one attached hydrogen (secondary N) is 1. The first-order valence-corrected chi connectivity index (χ1v) is 9.37. The molecule has 2 aromatic carbocycles. The van der Waals surface area contributed by atoms with Crippen molar-refractivity contribution in [2.75, 3.05) is 13.2 Å². The number of halogens is 1. The highest BCUT2D eigenvalue weighted by molar-refractivity contribution is 9.10. The second kappa shape index (κ2) is 10.6. The Labute approximate surface area is 162 Å². The number of amides is 1. The Morgan fingerprint density at radius 1 is 1.15 bits per heavy atom. The van der Waals surface area contributed by atoms with Gasteiger partial charge in [0.2, 0.25) is 0 Å². The molecule has 6 heteroatoms. The van der Waals surface area contributed by atoms with Crippen LogP contribution < -0.4 is 14.9 Å². The van der Waals surface area contributed by atoms with Crippen molar-refractivity contribution in [2.24, 2.45) is 5.10 Å². The molecule has 0 fully saturated rings. The minimum absolute atomic E-state index is 0.0875. The monoisotopic (exact) mass is 418 g/mol. The molecule has 0 aromatic heterocycles. The third-order valence-electron chi connectivity index (χ3n) is 3.52. The maximum Gasteiger partial charge on any atom is 0.277 e. The second-order valence-corrected chi connectivity index (χ2v) is 6.52. The van der Waals surface area contributed by atoms with E-state index in [0.29, 0.717) is 12.4 Å². The smallest absolute Gasteiger partial charge is 0.277 e. The van der Waals surface area contributed by atoms with E-state index in [1.165, 1.54) is 0 Å². The van der Waals surface area contributed by atoms with Gasteiger partial charge in [-0.1, -0.05) is 29.8 Å². The molecule has 0 bridgehead atoms. The van der Waals surface area contributed by atoms with Gasteiger partial charge in [0, 0.05) is 4.47 Å². The van der Waals surface area contributed by atoms with Crippen molar-refractivity contribution < 1.29 is 14.3 Å². The molecule has 0 heterocycles. The van der Waals surface area contributed by atoms with Crippen LogP contribution in [0.5, 0.6) is 11.5 Å². The molecule has 0 aliphatic carbocycles. The van der Waals surface area contributed by atoms with Crippen LogP contribution in [0.1, 0.15) is 31.4 Å². The van der Waals surface area contributed by atoms with E-state index < -0.39 is 0 Å². The number of carbonyl (C=O) groups is 1. The number of aryl methyl sites for hydroxylation is 1. The zero-order chi connectivity index (χ0) is 18.8. The molecule has 0 saturated heterocycles. The largest absolute Gasteiger partial charge is 0.494 e. The highest BCUT2D eigenvalue weighted by atomic mass is 79.9. The van der Waals surface area contributed by atoms with Gasteiger partial charge in [-0.25, -0.2) is 5.43 Å². The molecule has 0 radical (unpaired) electrons. The van der Waals surface area contributed by atoms with Gasteiger partial charge in [-0.15, -0.1) is 0 Å². The van der Waals surface area contributed by atoms with Crippen LogP contribution in [-0.4, -0.2) is 25.3 Å². The Balaban J connectivity index is 1.80. The van der Waals surface area contributed by atoms with E-state index in [9.17, 15) is 4.79 Å². The summed E-state index contributed by atoms with van der Waals surface area (Å²) in [5.41, 5.74) is 4.38. The molecule has 0 spiro atoms.